The van der Waals surface area contributed by atoms with Crippen molar-refractivity contribution < 1.29 is 4.79 Å². The number of rotatable bonds is 9. The van der Waals surface area contributed by atoms with E-state index in [1.165, 1.54) is 5.56 Å². The van der Waals surface area contributed by atoms with E-state index in [1.54, 1.807) is 23.5 Å². The highest BCUT2D eigenvalue weighted by Gasteiger charge is 2.10. The van der Waals surface area contributed by atoms with Gasteiger partial charge in [0.25, 0.3) is 5.91 Å². The maximum Gasteiger partial charge on any atom is 0.252 e. The minimum atomic E-state index is -0.0227. The van der Waals surface area contributed by atoms with Gasteiger partial charge in [-0.15, -0.1) is 18.3 Å². The maximum absolute atomic E-state index is 12.3. The van der Waals surface area contributed by atoms with Gasteiger partial charge in [0.05, 0.1) is 5.56 Å². The fourth-order valence-electron chi connectivity index (χ4n) is 2.08. The van der Waals surface area contributed by atoms with Crippen molar-refractivity contribution in [2.75, 3.05) is 18.1 Å². The summed E-state index contributed by atoms with van der Waals surface area (Å²) < 4.78 is 0. The fraction of sp³-hybridized carbons (Fsp3) is 0.211. The van der Waals surface area contributed by atoms with Crippen LogP contribution in [0.4, 0.5) is 0 Å². The molecule has 0 aliphatic rings. The Labute approximate surface area is 157 Å². The molecule has 2 aromatic rings. The Bertz CT molecular complexity index is 691. The summed E-state index contributed by atoms with van der Waals surface area (Å²) in [4.78, 5) is 13.3. The predicted octanol–water partition coefficient (Wildman–Crippen LogP) is 5.28. The summed E-state index contributed by atoms with van der Waals surface area (Å²) in [6.45, 7) is 4.36. The third-order valence-electron chi connectivity index (χ3n) is 3.18. The summed E-state index contributed by atoms with van der Waals surface area (Å²) >= 11 is 9.37. The van der Waals surface area contributed by atoms with Crippen molar-refractivity contribution in [2.24, 2.45) is 0 Å². The van der Waals surface area contributed by atoms with Gasteiger partial charge in [-0.1, -0.05) is 41.9 Å². The third kappa shape index (κ3) is 6.27. The molecule has 2 aromatic carbocycles. The van der Waals surface area contributed by atoms with Crippen LogP contribution in [0.15, 0.2) is 66.1 Å². The first-order valence-corrected chi connectivity index (χ1v) is 10.2. The van der Waals surface area contributed by atoms with Gasteiger partial charge in [0.15, 0.2) is 0 Å². The molecule has 0 bridgehead atoms. The molecule has 0 unspecified atom stereocenters. The molecular formula is C19H20ClNOS2. The van der Waals surface area contributed by atoms with Crippen molar-refractivity contribution in [3.05, 3.63) is 77.3 Å². The Kier molecular flexibility index (Phi) is 8.29. The van der Waals surface area contributed by atoms with Crippen molar-refractivity contribution in [3.8, 4) is 0 Å². The number of hydrogen-bond acceptors (Lipinski definition) is 3. The van der Waals surface area contributed by atoms with Gasteiger partial charge in [-0.05, 0) is 29.8 Å². The zero-order valence-corrected chi connectivity index (χ0v) is 15.7. The molecule has 0 saturated carbocycles. The standard InChI is InChI=1S/C19H20ClNOS2/c1-2-11-24-18-9-4-3-8-17(18)19(22)21-10-12-23-14-15-6-5-7-16(20)13-15/h2-9,13H,1,10-12,14H2,(H,21,22). The first kappa shape index (κ1) is 19.0. The van der Waals surface area contributed by atoms with Gasteiger partial charge in [0.2, 0.25) is 0 Å². The monoisotopic (exact) mass is 377 g/mol. The second-order valence-electron chi connectivity index (χ2n) is 5.03. The van der Waals surface area contributed by atoms with Crippen LogP contribution in [-0.4, -0.2) is 24.0 Å². The van der Waals surface area contributed by atoms with E-state index in [0.29, 0.717) is 6.54 Å². The Morgan fingerprint density at radius 3 is 2.83 bits per heavy atom. The van der Waals surface area contributed by atoms with Gasteiger partial charge in [0, 0.05) is 33.7 Å². The van der Waals surface area contributed by atoms with Crippen molar-refractivity contribution in [3.63, 3.8) is 0 Å². The molecule has 5 heteroatoms. The van der Waals surface area contributed by atoms with Crippen LogP contribution in [0.1, 0.15) is 15.9 Å². The highest BCUT2D eigenvalue weighted by molar-refractivity contribution is 7.99. The highest BCUT2D eigenvalue weighted by Crippen LogP contribution is 2.22. The molecule has 0 aliphatic heterocycles. The number of benzene rings is 2. The van der Waals surface area contributed by atoms with E-state index >= 15 is 0 Å². The lowest BCUT2D eigenvalue weighted by Crippen LogP contribution is -2.26. The van der Waals surface area contributed by atoms with Crippen LogP contribution in [0.25, 0.3) is 0 Å². The molecule has 2 rings (SSSR count). The maximum atomic E-state index is 12.3. The minimum absolute atomic E-state index is 0.0227. The summed E-state index contributed by atoms with van der Waals surface area (Å²) in [6.07, 6.45) is 1.84. The Hall–Kier alpha value is -1.36. The fourth-order valence-corrected chi connectivity index (χ4v) is 3.88. The molecule has 1 amide bonds. The van der Waals surface area contributed by atoms with Gasteiger partial charge >= 0.3 is 0 Å². The summed E-state index contributed by atoms with van der Waals surface area (Å²) in [6, 6.07) is 15.5. The second-order valence-corrected chi connectivity index (χ2v) is 7.64. The van der Waals surface area contributed by atoms with E-state index in [0.717, 1.165) is 32.7 Å². The molecule has 0 spiro atoms. The lowest BCUT2D eigenvalue weighted by atomic mass is 10.2. The molecule has 0 saturated heterocycles. The Balaban J connectivity index is 1.76. The van der Waals surface area contributed by atoms with Crippen molar-refractivity contribution in [1.29, 1.82) is 0 Å². The molecule has 126 valence electrons. The number of carbonyl (C=O) groups is 1. The third-order valence-corrected chi connectivity index (χ3v) is 5.51. The van der Waals surface area contributed by atoms with E-state index < -0.39 is 0 Å². The SMILES string of the molecule is C=CCSc1ccccc1C(=O)NCCSCc1cccc(Cl)c1. The number of hydrogen-bond donors (Lipinski definition) is 1. The number of carbonyl (C=O) groups excluding carboxylic acids is 1. The van der Waals surface area contributed by atoms with Crippen LogP contribution in [0.5, 0.6) is 0 Å². The normalized spacial score (nSPS) is 10.4. The largest absolute Gasteiger partial charge is 0.351 e. The molecule has 2 nitrogen and oxygen atoms in total. The van der Waals surface area contributed by atoms with E-state index in [4.69, 9.17) is 11.6 Å². The lowest BCUT2D eigenvalue weighted by Gasteiger charge is -2.09. The summed E-state index contributed by atoms with van der Waals surface area (Å²) in [5.74, 6) is 2.52. The molecule has 0 heterocycles. The zero-order chi connectivity index (χ0) is 17.2. The Morgan fingerprint density at radius 1 is 1.21 bits per heavy atom. The molecule has 0 aromatic heterocycles. The van der Waals surface area contributed by atoms with Crippen LogP contribution < -0.4 is 5.32 Å². The van der Waals surface area contributed by atoms with E-state index in [9.17, 15) is 4.79 Å². The lowest BCUT2D eigenvalue weighted by molar-refractivity contribution is 0.0953. The van der Waals surface area contributed by atoms with Gasteiger partial charge in [0.1, 0.15) is 0 Å². The number of amides is 1. The van der Waals surface area contributed by atoms with E-state index in [2.05, 4.69) is 18.0 Å². The van der Waals surface area contributed by atoms with Crippen molar-refractivity contribution in [2.45, 2.75) is 10.6 Å². The average molecular weight is 378 g/mol. The van der Waals surface area contributed by atoms with Crippen LogP contribution in [0.2, 0.25) is 5.02 Å². The smallest absolute Gasteiger partial charge is 0.252 e. The molecular weight excluding hydrogens is 358 g/mol. The van der Waals surface area contributed by atoms with Crippen molar-refractivity contribution >= 4 is 41.0 Å². The van der Waals surface area contributed by atoms with Gasteiger partial charge < -0.3 is 5.32 Å². The first-order valence-electron chi connectivity index (χ1n) is 7.64. The molecule has 0 radical (unpaired) electrons. The van der Waals surface area contributed by atoms with E-state index in [-0.39, 0.29) is 5.91 Å². The highest BCUT2D eigenvalue weighted by atomic mass is 35.5. The summed E-state index contributed by atoms with van der Waals surface area (Å²) in [5, 5.41) is 3.75. The number of nitrogens with one attached hydrogen (secondary N) is 1. The topological polar surface area (TPSA) is 29.1 Å². The minimum Gasteiger partial charge on any atom is -0.351 e. The second kappa shape index (κ2) is 10.5. The molecule has 0 atom stereocenters. The van der Waals surface area contributed by atoms with Gasteiger partial charge in [-0.2, -0.15) is 11.8 Å². The average Bonchev–Trinajstić information content (AvgIpc) is 2.60. The van der Waals surface area contributed by atoms with Crippen LogP contribution >= 0.6 is 35.1 Å². The molecule has 1 N–H and O–H groups in total. The first-order chi connectivity index (χ1) is 11.7. The van der Waals surface area contributed by atoms with Gasteiger partial charge in [-0.3, -0.25) is 4.79 Å². The summed E-state index contributed by atoms with van der Waals surface area (Å²) in [7, 11) is 0. The van der Waals surface area contributed by atoms with E-state index in [1.807, 2.05) is 48.5 Å². The van der Waals surface area contributed by atoms with Crippen LogP contribution in [0, 0.1) is 0 Å². The quantitative estimate of drug-likeness (QED) is 0.366. The Morgan fingerprint density at radius 2 is 2.04 bits per heavy atom. The number of halogens is 1. The summed E-state index contributed by atoms with van der Waals surface area (Å²) in [5.41, 5.74) is 1.93. The molecule has 0 fully saturated rings. The molecule has 24 heavy (non-hydrogen) atoms. The van der Waals surface area contributed by atoms with Crippen LogP contribution in [-0.2, 0) is 5.75 Å². The number of thioether (sulfide) groups is 2. The zero-order valence-electron chi connectivity index (χ0n) is 13.3. The van der Waals surface area contributed by atoms with Gasteiger partial charge in [-0.25, -0.2) is 0 Å². The molecule has 0 aliphatic carbocycles. The predicted molar refractivity (Wildman–Crippen MR) is 107 cm³/mol. The van der Waals surface area contributed by atoms with Crippen molar-refractivity contribution in [1.82, 2.24) is 5.32 Å². The van der Waals surface area contributed by atoms with Crippen LogP contribution in [0.3, 0.4) is 0 Å².